The number of pyridine rings is 2. The number of hydrogen-bond donors (Lipinski definition) is 0. The average molecular weight is 415 g/mol. The van der Waals surface area contributed by atoms with Gasteiger partial charge in [-0.3, -0.25) is 0 Å². The lowest BCUT2D eigenvalue weighted by Gasteiger charge is -2.31. The lowest BCUT2D eigenvalue weighted by atomic mass is 9.94. The van der Waals surface area contributed by atoms with Crippen LogP contribution in [-0.2, 0) is 10.0 Å². The summed E-state index contributed by atoms with van der Waals surface area (Å²) in [4.78, 5) is 8.89. The maximum Gasteiger partial charge on any atom is 0.243 e. The van der Waals surface area contributed by atoms with Crippen molar-refractivity contribution in [1.82, 2.24) is 14.3 Å². The van der Waals surface area contributed by atoms with Crippen LogP contribution in [0.1, 0.15) is 31.4 Å². The molecule has 8 heteroatoms. The Balaban J connectivity index is 1.48. The summed E-state index contributed by atoms with van der Waals surface area (Å²) in [5, 5.41) is 0.980. The van der Waals surface area contributed by atoms with E-state index >= 15 is 0 Å². The SMILES string of the molecule is CCOc1ccc(S(=O)(=O)N2CCC(c3ccc4cccnc4n3)CC2)cc1F. The van der Waals surface area contributed by atoms with Crippen LogP contribution in [-0.4, -0.2) is 42.4 Å². The fraction of sp³-hybridized carbons (Fsp3) is 0.333. The van der Waals surface area contributed by atoms with Gasteiger partial charge in [-0.25, -0.2) is 22.8 Å². The number of aromatic nitrogens is 2. The van der Waals surface area contributed by atoms with Gasteiger partial charge in [0.15, 0.2) is 17.2 Å². The van der Waals surface area contributed by atoms with E-state index in [0.717, 1.165) is 17.1 Å². The van der Waals surface area contributed by atoms with Gasteiger partial charge in [0.05, 0.1) is 11.5 Å². The molecule has 29 heavy (non-hydrogen) atoms. The number of piperidine rings is 1. The predicted molar refractivity (Wildman–Crippen MR) is 108 cm³/mol. The molecule has 0 aliphatic carbocycles. The van der Waals surface area contributed by atoms with E-state index in [9.17, 15) is 12.8 Å². The first kappa shape index (κ1) is 19.7. The minimum absolute atomic E-state index is 0.0510. The summed E-state index contributed by atoms with van der Waals surface area (Å²) in [5.41, 5.74) is 1.63. The molecule has 0 N–H and O–H groups in total. The maximum atomic E-state index is 14.1. The number of halogens is 1. The molecule has 152 valence electrons. The smallest absolute Gasteiger partial charge is 0.243 e. The number of fused-ring (bicyclic) bond motifs is 1. The van der Waals surface area contributed by atoms with Crippen molar-refractivity contribution in [3.63, 3.8) is 0 Å². The van der Waals surface area contributed by atoms with Crippen molar-refractivity contribution in [2.75, 3.05) is 19.7 Å². The second kappa shape index (κ2) is 8.04. The van der Waals surface area contributed by atoms with E-state index in [2.05, 4.69) is 9.97 Å². The summed E-state index contributed by atoms with van der Waals surface area (Å²) in [5.74, 6) is -0.443. The Hall–Kier alpha value is -2.58. The Kier molecular flexibility index (Phi) is 5.47. The molecule has 1 saturated heterocycles. The molecule has 0 radical (unpaired) electrons. The van der Waals surface area contributed by atoms with Gasteiger partial charge in [0.1, 0.15) is 0 Å². The van der Waals surface area contributed by atoms with E-state index in [1.54, 1.807) is 13.1 Å². The van der Waals surface area contributed by atoms with E-state index in [1.807, 2.05) is 24.3 Å². The third kappa shape index (κ3) is 3.95. The van der Waals surface area contributed by atoms with E-state index in [1.165, 1.54) is 16.4 Å². The van der Waals surface area contributed by atoms with Gasteiger partial charge >= 0.3 is 0 Å². The molecule has 0 unspecified atom stereocenters. The van der Waals surface area contributed by atoms with Crippen LogP contribution in [0.2, 0.25) is 0 Å². The number of rotatable bonds is 5. The van der Waals surface area contributed by atoms with Gasteiger partial charge < -0.3 is 4.74 Å². The normalized spacial score (nSPS) is 16.2. The number of ether oxygens (including phenoxy) is 1. The highest BCUT2D eigenvalue weighted by Crippen LogP contribution is 2.31. The summed E-state index contributed by atoms with van der Waals surface area (Å²) in [6, 6.07) is 11.6. The standard InChI is InChI=1S/C21H22FN3O3S/c1-2-28-20-8-6-17(14-18(20)22)29(26,27)25-12-9-15(10-13-25)19-7-5-16-4-3-11-23-21(16)24-19/h3-8,11,14-15H,2,9-10,12-13H2,1H3. The molecule has 6 nitrogen and oxygen atoms in total. The van der Waals surface area contributed by atoms with Crippen molar-refractivity contribution in [3.8, 4) is 5.75 Å². The zero-order chi connectivity index (χ0) is 20.4. The predicted octanol–water partition coefficient (Wildman–Crippen LogP) is 3.74. The van der Waals surface area contributed by atoms with Crippen LogP contribution in [0.3, 0.4) is 0 Å². The molecule has 1 fully saturated rings. The van der Waals surface area contributed by atoms with Gasteiger partial charge in [0, 0.05) is 36.3 Å². The molecule has 1 aromatic carbocycles. The van der Waals surface area contributed by atoms with Crippen LogP contribution in [0.15, 0.2) is 53.6 Å². The molecule has 3 aromatic rings. The van der Waals surface area contributed by atoms with Crippen molar-refractivity contribution < 1.29 is 17.5 Å². The van der Waals surface area contributed by atoms with Gasteiger partial charge in [-0.15, -0.1) is 0 Å². The van der Waals surface area contributed by atoms with Gasteiger partial charge in [-0.1, -0.05) is 0 Å². The highest BCUT2D eigenvalue weighted by Gasteiger charge is 2.31. The molecular weight excluding hydrogens is 393 g/mol. The van der Waals surface area contributed by atoms with E-state index in [4.69, 9.17) is 4.74 Å². The first-order chi connectivity index (χ1) is 14.0. The molecule has 0 bridgehead atoms. The lowest BCUT2D eigenvalue weighted by molar-refractivity contribution is 0.315. The average Bonchev–Trinajstić information content (AvgIpc) is 2.75. The van der Waals surface area contributed by atoms with Crippen molar-refractivity contribution >= 4 is 21.1 Å². The van der Waals surface area contributed by atoms with Crippen LogP contribution in [0.25, 0.3) is 11.0 Å². The zero-order valence-corrected chi connectivity index (χ0v) is 16.9. The number of sulfonamides is 1. The molecule has 0 spiro atoms. The fourth-order valence-corrected chi connectivity index (χ4v) is 5.13. The molecular formula is C21H22FN3O3S. The zero-order valence-electron chi connectivity index (χ0n) is 16.1. The summed E-state index contributed by atoms with van der Waals surface area (Å²) < 4.78 is 46.5. The minimum Gasteiger partial charge on any atom is -0.491 e. The topological polar surface area (TPSA) is 72.4 Å². The number of hydrogen-bond acceptors (Lipinski definition) is 5. The fourth-order valence-electron chi connectivity index (χ4n) is 3.65. The largest absolute Gasteiger partial charge is 0.491 e. The molecule has 0 saturated carbocycles. The lowest BCUT2D eigenvalue weighted by Crippen LogP contribution is -2.38. The van der Waals surface area contributed by atoms with Crippen LogP contribution < -0.4 is 4.74 Å². The molecule has 1 aliphatic rings. The van der Waals surface area contributed by atoms with E-state index < -0.39 is 15.8 Å². The number of benzene rings is 1. The molecule has 4 rings (SSSR count). The highest BCUT2D eigenvalue weighted by molar-refractivity contribution is 7.89. The Bertz CT molecular complexity index is 1130. The Morgan fingerprint density at radius 2 is 1.97 bits per heavy atom. The first-order valence-electron chi connectivity index (χ1n) is 9.63. The molecule has 0 atom stereocenters. The van der Waals surface area contributed by atoms with Gasteiger partial charge in [-0.05, 0) is 62.2 Å². The maximum absolute atomic E-state index is 14.1. The van der Waals surface area contributed by atoms with Crippen LogP contribution in [0.4, 0.5) is 4.39 Å². The second-order valence-electron chi connectivity index (χ2n) is 6.99. The van der Waals surface area contributed by atoms with Crippen molar-refractivity contribution in [2.45, 2.75) is 30.6 Å². The van der Waals surface area contributed by atoms with Crippen LogP contribution in [0, 0.1) is 5.82 Å². The molecule has 0 amide bonds. The summed E-state index contributed by atoms with van der Waals surface area (Å²) in [6.07, 6.45) is 3.03. The van der Waals surface area contributed by atoms with Crippen molar-refractivity contribution in [3.05, 3.63) is 60.2 Å². The molecule has 2 aromatic heterocycles. The third-order valence-corrected chi connectivity index (χ3v) is 7.09. The van der Waals surface area contributed by atoms with E-state index in [-0.39, 0.29) is 16.6 Å². The first-order valence-corrected chi connectivity index (χ1v) is 11.1. The molecule has 1 aliphatic heterocycles. The number of nitrogens with zero attached hydrogens (tertiary/aromatic N) is 3. The highest BCUT2D eigenvalue weighted by atomic mass is 32.2. The Morgan fingerprint density at radius 1 is 1.17 bits per heavy atom. The van der Waals surface area contributed by atoms with Crippen molar-refractivity contribution in [1.29, 1.82) is 0 Å². The van der Waals surface area contributed by atoms with Gasteiger partial charge in [0.25, 0.3) is 0 Å². The Labute approximate surface area is 169 Å². The van der Waals surface area contributed by atoms with Crippen molar-refractivity contribution in [2.24, 2.45) is 0 Å². The summed E-state index contributed by atoms with van der Waals surface area (Å²) in [7, 11) is -3.75. The molecule has 3 heterocycles. The Morgan fingerprint density at radius 3 is 2.69 bits per heavy atom. The second-order valence-corrected chi connectivity index (χ2v) is 8.93. The monoisotopic (exact) mass is 415 g/mol. The van der Waals surface area contributed by atoms with E-state index in [0.29, 0.717) is 38.2 Å². The van der Waals surface area contributed by atoms with Crippen LogP contribution in [0.5, 0.6) is 5.75 Å². The third-order valence-electron chi connectivity index (χ3n) is 5.20. The summed E-state index contributed by atoms with van der Waals surface area (Å²) in [6.45, 7) is 2.79. The van der Waals surface area contributed by atoms with Crippen LogP contribution >= 0.6 is 0 Å². The minimum atomic E-state index is -3.75. The quantitative estimate of drug-likeness (QED) is 0.635. The van der Waals surface area contributed by atoms with Gasteiger partial charge in [-0.2, -0.15) is 4.31 Å². The summed E-state index contributed by atoms with van der Waals surface area (Å²) >= 11 is 0. The van der Waals surface area contributed by atoms with Gasteiger partial charge in [0.2, 0.25) is 10.0 Å².